The Morgan fingerprint density at radius 1 is 0.391 bits per heavy atom. The predicted molar refractivity (Wildman–Crippen MR) is 197 cm³/mol. The summed E-state index contributed by atoms with van der Waals surface area (Å²) < 4.78 is 6.70. The Hall–Kier alpha value is -5.43. The zero-order valence-corrected chi connectivity index (χ0v) is 27.4. The number of para-hydroxylation sites is 4. The quantitative estimate of drug-likeness (QED) is 0.251. The molecule has 0 bridgehead atoms. The maximum absolute atomic E-state index is 6.70. The second-order valence-electron chi connectivity index (χ2n) is 12.1. The van der Waals surface area contributed by atoms with Crippen molar-refractivity contribution in [2.75, 3.05) is 4.90 Å². The summed E-state index contributed by atoms with van der Waals surface area (Å²) in [6.45, 7) is 0. The first kappa shape index (κ1) is 26.9. The van der Waals surface area contributed by atoms with Gasteiger partial charge in [-0.05, 0) is 69.3 Å². The van der Waals surface area contributed by atoms with Crippen molar-refractivity contribution in [2.24, 2.45) is 0 Å². The lowest BCUT2D eigenvalue weighted by atomic mass is 10.2. The molecule has 0 radical (unpaired) electrons. The summed E-state index contributed by atoms with van der Waals surface area (Å²) in [4.78, 5) is 2.40. The van der Waals surface area contributed by atoms with Crippen molar-refractivity contribution in [1.82, 2.24) is 0 Å². The summed E-state index contributed by atoms with van der Waals surface area (Å²) in [7, 11) is -4.65. The highest BCUT2D eigenvalue weighted by Crippen LogP contribution is 2.35. The average Bonchev–Trinajstić information content (AvgIpc) is 3.13. The molecular weight excluding hydrogens is 591 g/mol. The van der Waals surface area contributed by atoms with E-state index >= 15 is 0 Å². The zero-order valence-electron chi connectivity index (χ0n) is 25.3. The van der Waals surface area contributed by atoms with Crippen LogP contribution in [-0.2, 0) is 0 Å². The van der Waals surface area contributed by atoms with E-state index in [4.69, 9.17) is 4.74 Å². The summed E-state index contributed by atoms with van der Waals surface area (Å²) in [5, 5.41) is 10.1. The van der Waals surface area contributed by atoms with Gasteiger partial charge in [-0.1, -0.05) is 149 Å². The molecule has 218 valence electrons. The highest BCUT2D eigenvalue weighted by atomic mass is 28.3. The van der Waals surface area contributed by atoms with Gasteiger partial charge < -0.3 is 9.64 Å². The third-order valence-corrected chi connectivity index (χ3v) is 18.5. The number of fused-ring (bicyclic) bond motifs is 8. The normalized spacial score (nSPS) is 15.1. The van der Waals surface area contributed by atoms with Crippen LogP contribution < -0.4 is 45.9 Å². The van der Waals surface area contributed by atoms with Gasteiger partial charge in [0.1, 0.15) is 20.3 Å². The first-order valence-electron chi connectivity index (χ1n) is 15.9. The molecule has 0 saturated carbocycles. The molecule has 1 spiro atoms. The molecule has 4 heteroatoms. The number of hydrogen-bond acceptors (Lipinski definition) is 2. The van der Waals surface area contributed by atoms with Crippen molar-refractivity contribution in [1.29, 1.82) is 0 Å². The van der Waals surface area contributed by atoms with Crippen LogP contribution in [0.5, 0.6) is 11.5 Å². The second-order valence-corrected chi connectivity index (χ2v) is 18.5. The lowest BCUT2D eigenvalue weighted by Crippen LogP contribution is -2.87. The maximum Gasteiger partial charge on any atom is 0.188 e. The van der Waals surface area contributed by atoms with Crippen molar-refractivity contribution in [2.45, 2.75) is 0 Å². The smallest absolute Gasteiger partial charge is 0.188 e. The van der Waals surface area contributed by atoms with Gasteiger partial charge in [0.05, 0.1) is 0 Å². The fourth-order valence-electron chi connectivity index (χ4n) is 7.84. The van der Waals surface area contributed by atoms with E-state index in [0.717, 1.165) is 22.9 Å². The molecule has 46 heavy (non-hydrogen) atoms. The molecule has 0 fully saturated rings. The predicted octanol–water partition coefficient (Wildman–Crippen LogP) is 5.20. The number of anilines is 3. The molecule has 0 saturated heterocycles. The fourth-order valence-corrected chi connectivity index (χ4v) is 18.2. The number of ether oxygens (including phenoxy) is 1. The molecule has 2 aliphatic heterocycles. The summed E-state index contributed by atoms with van der Waals surface area (Å²) in [5.41, 5.74) is 3.46. The molecule has 1 unspecified atom stereocenters. The molecule has 2 heterocycles. The van der Waals surface area contributed by atoms with Gasteiger partial charge in [-0.2, -0.15) is 0 Å². The summed E-state index contributed by atoms with van der Waals surface area (Å²) >= 11 is 0. The Morgan fingerprint density at radius 3 is 1.48 bits per heavy atom. The van der Waals surface area contributed by atoms with Gasteiger partial charge in [-0.25, -0.2) is 0 Å². The molecule has 7 aromatic rings. The van der Waals surface area contributed by atoms with E-state index in [-0.39, 0.29) is 0 Å². The van der Waals surface area contributed by atoms with Crippen molar-refractivity contribution in [3.8, 4) is 11.5 Å². The third kappa shape index (κ3) is 4.01. The van der Waals surface area contributed by atoms with Crippen LogP contribution in [0.25, 0.3) is 0 Å². The van der Waals surface area contributed by atoms with Crippen LogP contribution in [0, 0.1) is 0 Å². The van der Waals surface area contributed by atoms with Gasteiger partial charge >= 0.3 is 0 Å². The van der Waals surface area contributed by atoms with E-state index in [1.807, 2.05) is 0 Å². The fraction of sp³-hybridized carbons (Fsp3) is 0. The third-order valence-electron chi connectivity index (χ3n) is 9.65. The van der Waals surface area contributed by atoms with Gasteiger partial charge in [0.2, 0.25) is 0 Å². The van der Waals surface area contributed by atoms with E-state index in [1.54, 1.807) is 0 Å². The molecule has 0 aromatic heterocycles. The molecule has 1 atom stereocenters. The Kier molecular flexibility index (Phi) is 6.37. The summed E-state index contributed by atoms with van der Waals surface area (Å²) in [5.74, 6) is 1.95. The van der Waals surface area contributed by atoms with Crippen LogP contribution >= 0.6 is 0 Å². The maximum atomic E-state index is 6.70. The van der Waals surface area contributed by atoms with E-state index in [1.165, 1.54) is 42.0 Å². The molecule has 9 rings (SSSR count). The molecule has 0 N–H and O–H groups in total. The number of rotatable bonds is 4. The van der Waals surface area contributed by atoms with Crippen molar-refractivity contribution < 1.29 is 4.74 Å². The van der Waals surface area contributed by atoms with E-state index < -0.39 is 16.9 Å². The molecule has 2 aliphatic rings. The van der Waals surface area contributed by atoms with Crippen LogP contribution in [-0.4, -0.2) is 16.9 Å². The number of hydrogen-bond donors (Lipinski definition) is 0. The monoisotopic (exact) mass is 621 g/mol. The highest BCUT2D eigenvalue weighted by molar-refractivity contribution is 7.27. The largest absolute Gasteiger partial charge is 0.458 e. The Bertz CT molecular complexity index is 2120. The van der Waals surface area contributed by atoms with Gasteiger partial charge in [0, 0.05) is 17.1 Å². The first-order valence-corrected chi connectivity index (χ1v) is 19.6. The molecular formula is C42H31NOSi2. The average molecular weight is 622 g/mol. The van der Waals surface area contributed by atoms with Crippen LogP contribution in [0.4, 0.5) is 17.1 Å². The lowest BCUT2D eigenvalue weighted by Gasteiger charge is -2.46. The number of nitrogens with zero attached hydrogens (tertiary/aromatic N) is 1. The summed E-state index contributed by atoms with van der Waals surface area (Å²) in [6, 6.07) is 67.0. The Balaban J connectivity index is 1.42. The Labute approximate surface area is 272 Å². The van der Waals surface area contributed by atoms with Crippen LogP contribution in [0.1, 0.15) is 0 Å². The van der Waals surface area contributed by atoms with Crippen molar-refractivity contribution in [3.05, 3.63) is 182 Å². The van der Waals surface area contributed by atoms with E-state index in [9.17, 15) is 0 Å². The summed E-state index contributed by atoms with van der Waals surface area (Å²) in [6.07, 6.45) is 0. The number of benzene rings is 7. The topological polar surface area (TPSA) is 12.5 Å². The van der Waals surface area contributed by atoms with Gasteiger partial charge in [-0.3, -0.25) is 0 Å². The van der Waals surface area contributed by atoms with Crippen LogP contribution in [0.2, 0.25) is 0 Å². The van der Waals surface area contributed by atoms with Crippen LogP contribution in [0.15, 0.2) is 182 Å². The molecule has 0 amide bonds. The SMILES string of the molecule is c1ccc(N(c2ccccc2)c2ccc3c(c2)[Si]2(c4ccccc4Oc4ccccc42)c2ccccc2[SiH]3c2ccccc2)cc1. The van der Waals surface area contributed by atoms with Crippen molar-refractivity contribution >= 4 is 70.2 Å². The lowest BCUT2D eigenvalue weighted by molar-refractivity contribution is 0.487. The minimum atomic E-state index is -2.82. The first-order chi connectivity index (χ1) is 22.8. The Morgan fingerprint density at radius 2 is 0.870 bits per heavy atom. The van der Waals surface area contributed by atoms with Crippen molar-refractivity contribution in [3.63, 3.8) is 0 Å². The highest BCUT2D eigenvalue weighted by Gasteiger charge is 2.53. The van der Waals surface area contributed by atoms with Gasteiger partial charge in [0.15, 0.2) is 8.07 Å². The van der Waals surface area contributed by atoms with Gasteiger partial charge in [-0.15, -0.1) is 0 Å². The van der Waals surface area contributed by atoms with Crippen LogP contribution in [0.3, 0.4) is 0 Å². The minimum absolute atomic E-state index is 0.974. The second kappa shape index (κ2) is 10.9. The molecule has 0 aliphatic carbocycles. The van der Waals surface area contributed by atoms with E-state index in [2.05, 4.69) is 187 Å². The molecule has 7 aromatic carbocycles. The molecule has 2 nitrogen and oxygen atoms in total. The minimum Gasteiger partial charge on any atom is -0.458 e. The standard InChI is InChI=1S/C42H31NOSi2/c1-4-16-31(17-5-1)43(32-18-6-2-7-19-32)33-28-29-38-42(30-33)46(39-25-13-10-22-35(39)44-36-23-11-14-26-40(36)46)41-27-15-12-24-37(41)45(38)34-20-8-3-9-21-34/h1-30,45H. The zero-order chi connectivity index (χ0) is 30.5. The van der Waals surface area contributed by atoms with Gasteiger partial charge in [0.25, 0.3) is 0 Å². The van der Waals surface area contributed by atoms with E-state index in [0.29, 0.717) is 0 Å².